The van der Waals surface area contributed by atoms with Gasteiger partial charge in [-0.15, -0.1) is 5.10 Å². The highest BCUT2D eigenvalue weighted by Crippen LogP contribution is 2.41. The number of aromatic nitrogens is 10. The van der Waals surface area contributed by atoms with Crippen LogP contribution in [0.1, 0.15) is 86.8 Å². The smallest absolute Gasteiger partial charge is 0.416 e. The van der Waals surface area contributed by atoms with E-state index in [1.807, 2.05) is 13.1 Å². The van der Waals surface area contributed by atoms with E-state index in [4.69, 9.17) is 43.8 Å². The van der Waals surface area contributed by atoms with Gasteiger partial charge in [0.15, 0.2) is 35.5 Å². The van der Waals surface area contributed by atoms with Gasteiger partial charge < -0.3 is 45.0 Å². The van der Waals surface area contributed by atoms with Crippen LogP contribution in [-0.4, -0.2) is 135 Å². The molecule has 7 aromatic rings. The molecule has 6 atom stereocenters. The van der Waals surface area contributed by atoms with E-state index in [0.717, 1.165) is 30.7 Å². The lowest BCUT2D eigenvalue weighted by Crippen LogP contribution is -2.53. The first-order chi connectivity index (χ1) is 36.4. The summed E-state index contributed by atoms with van der Waals surface area (Å²) in [6.07, 6.45) is -5.71. The maximum absolute atomic E-state index is 15.9. The molecule has 2 saturated carbocycles. The van der Waals surface area contributed by atoms with Gasteiger partial charge in [0, 0.05) is 68.8 Å². The zero-order chi connectivity index (χ0) is 53.0. The largest absolute Gasteiger partial charge is 0.488 e. The lowest BCUT2D eigenvalue weighted by molar-refractivity contribution is -0.137. The van der Waals surface area contributed by atoms with Crippen LogP contribution in [0.2, 0.25) is 0 Å². The average Bonchev–Trinajstić information content (AvgIpc) is 4.12. The highest BCUT2D eigenvalue weighted by atomic mass is 19.4. The number of hydrogen-bond acceptors (Lipinski definition) is 16. The Hall–Kier alpha value is -7.65. The molecule has 0 bridgehead atoms. The summed E-state index contributed by atoms with van der Waals surface area (Å²) < 4.78 is 104. The maximum atomic E-state index is 15.9. The Labute approximate surface area is 430 Å². The van der Waals surface area contributed by atoms with Crippen LogP contribution in [0.15, 0.2) is 67.1 Å². The van der Waals surface area contributed by atoms with Crippen LogP contribution in [0, 0.1) is 0 Å². The standard InChI is InChI=1S/C49H54F5N15O7/c1-25(2)57-46(70)75-36-14-26(13-32(36)50)34-17-39(60-45-55-12-9-40-58-29(20-67(40)45)19-66-21-31(22-66)74-30-7-5-27(6-8-30)49(52,53)54)65-68(34)41-18-56-44(35-15-28(23-72-4)64-69(35)41)59-38-16-33(62-63-38)43-42(51)37(24-73-43)76-47(71)61-48(3)10-11-48/h5-9,12,15-18,20,25-26,31-32,36-37,42-43H,10-11,13-14,19,21-24H2,1-4H3,(H,57,70)(H,61,71)(H,55,60,65)(H2,56,59,62,63)/t26-,32+,36-,37-,42+,43-/m0/s1. The molecule has 2 aliphatic carbocycles. The first-order valence-electron chi connectivity index (χ1n) is 24.8. The summed E-state index contributed by atoms with van der Waals surface area (Å²) in [6.45, 7) is 6.97. The number of rotatable bonds is 17. The van der Waals surface area contributed by atoms with Crippen molar-refractivity contribution < 1.29 is 55.2 Å². The number of fused-ring (bicyclic) bond motifs is 2. The fraction of sp³-hybridized carbons (Fsp3) is 0.469. The number of halogens is 5. The van der Waals surface area contributed by atoms with Gasteiger partial charge in [0.25, 0.3) is 0 Å². The number of nitrogens with one attached hydrogen (secondary N) is 5. The fourth-order valence-corrected chi connectivity index (χ4v) is 9.58. The fourth-order valence-electron chi connectivity index (χ4n) is 9.58. The molecule has 5 N–H and O–H groups in total. The molecule has 11 rings (SSSR count). The van der Waals surface area contributed by atoms with Crippen LogP contribution in [0.4, 0.5) is 54.9 Å². The van der Waals surface area contributed by atoms with E-state index in [1.165, 1.54) is 25.4 Å². The molecule has 27 heteroatoms. The van der Waals surface area contributed by atoms with Gasteiger partial charge in [-0.3, -0.25) is 14.4 Å². The summed E-state index contributed by atoms with van der Waals surface area (Å²) in [5, 5.41) is 28.9. The van der Waals surface area contributed by atoms with Gasteiger partial charge in [-0.25, -0.2) is 42.5 Å². The molecule has 8 heterocycles. The van der Waals surface area contributed by atoms with Gasteiger partial charge >= 0.3 is 18.4 Å². The number of methoxy groups -OCH3 is 1. The summed E-state index contributed by atoms with van der Waals surface area (Å²) in [7, 11) is 1.53. The monoisotopic (exact) mass is 1060 g/mol. The first-order valence-corrected chi connectivity index (χ1v) is 24.8. The highest BCUT2D eigenvalue weighted by Gasteiger charge is 2.45. The average molecular weight is 1060 g/mol. The highest BCUT2D eigenvalue weighted by molar-refractivity contribution is 5.74. The van der Waals surface area contributed by atoms with E-state index in [9.17, 15) is 22.8 Å². The Morgan fingerprint density at radius 2 is 1.74 bits per heavy atom. The minimum Gasteiger partial charge on any atom is -0.488 e. The van der Waals surface area contributed by atoms with Crippen molar-refractivity contribution >= 4 is 46.8 Å². The molecule has 22 nitrogen and oxygen atoms in total. The molecule has 6 aromatic heterocycles. The second kappa shape index (κ2) is 20.1. The molecule has 2 aliphatic heterocycles. The van der Waals surface area contributed by atoms with E-state index in [2.05, 4.69) is 41.3 Å². The van der Waals surface area contributed by atoms with Gasteiger partial charge in [-0.05, 0) is 82.9 Å². The molecular formula is C49H54F5N15O7. The van der Waals surface area contributed by atoms with Crippen LogP contribution >= 0.6 is 0 Å². The van der Waals surface area contributed by atoms with Crippen LogP contribution in [-0.2, 0) is 38.3 Å². The molecule has 0 unspecified atom stereocenters. The Morgan fingerprint density at radius 1 is 0.947 bits per heavy atom. The normalized spacial score (nSPS) is 22.5. The quantitative estimate of drug-likeness (QED) is 0.0560. The van der Waals surface area contributed by atoms with E-state index in [0.29, 0.717) is 77.0 Å². The van der Waals surface area contributed by atoms with Crippen LogP contribution in [0.25, 0.3) is 17.0 Å². The van der Waals surface area contributed by atoms with Gasteiger partial charge in [0.1, 0.15) is 41.4 Å². The summed E-state index contributed by atoms with van der Waals surface area (Å²) in [4.78, 5) is 41.4. The van der Waals surface area contributed by atoms with Gasteiger partial charge in [0.05, 0.1) is 47.7 Å². The van der Waals surface area contributed by atoms with Gasteiger partial charge in [-0.1, -0.05) is 0 Å². The summed E-state index contributed by atoms with van der Waals surface area (Å²) in [5.74, 6) is 1.46. The van der Waals surface area contributed by atoms with Crippen molar-refractivity contribution in [1.29, 1.82) is 0 Å². The Kier molecular flexibility index (Phi) is 13.4. The summed E-state index contributed by atoms with van der Waals surface area (Å²) >= 11 is 0. The number of ether oxygens (including phenoxy) is 5. The third-order valence-corrected chi connectivity index (χ3v) is 13.7. The summed E-state index contributed by atoms with van der Waals surface area (Å²) in [5.41, 5.74) is 2.08. The van der Waals surface area contributed by atoms with Crippen LogP contribution < -0.4 is 26.0 Å². The number of aromatic amines is 1. The molecular weight excluding hydrogens is 1010 g/mol. The van der Waals surface area contributed by atoms with Crippen molar-refractivity contribution in [3.63, 3.8) is 0 Å². The van der Waals surface area contributed by atoms with Crippen molar-refractivity contribution in [3.05, 3.63) is 95.5 Å². The van der Waals surface area contributed by atoms with Crippen molar-refractivity contribution in [2.75, 3.05) is 37.4 Å². The van der Waals surface area contributed by atoms with Crippen LogP contribution in [0.3, 0.4) is 0 Å². The SMILES string of the molecule is COCc1cc2c(Nc3cc([C@@H]4OC[C@H](OC(=O)NC5(C)CC5)[C@H]4F)[nH]n3)ncc(-n3nc(Nc4nccc5nc(CN6CC(Oc7ccc(C(F)(F)F)cc7)C6)cn45)cc3[C@H]3C[C@@H](F)[C@@H](OC(=O)NC(C)C)C3)n2n1. The predicted octanol–water partition coefficient (Wildman–Crippen LogP) is 7.37. The van der Waals surface area contributed by atoms with E-state index < -0.39 is 60.5 Å². The predicted molar refractivity (Wildman–Crippen MR) is 260 cm³/mol. The van der Waals surface area contributed by atoms with E-state index in [1.54, 1.807) is 57.9 Å². The number of nitrogens with zero attached hydrogens (tertiary/aromatic N) is 10. The molecule has 4 aliphatic rings. The second-order valence-electron chi connectivity index (χ2n) is 20.1. The van der Waals surface area contributed by atoms with Crippen molar-refractivity contribution in [2.45, 2.75) is 120 Å². The van der Waals surface area contributed by atoms with Crippen molar-refractivity contribution in [1.82, 2.24) is 64.5 Å². The molecule has 2 amide bonds. The number of H-pyrrole nitrogens is 1. The zero-order valence-electron chi connectivity index (χ0n) is 41.6. The minimum absolute atomic E-state index is 0.00585. The summed E-state index contributed by atoms with van der Waals surface area (Å²) in [6, 6.07) is 11.3. The number of benzene rings is 1. The van der Waals surface area contributed by atoms with E-state index in [-0.39, 0.29) is 49.6 Å². The second-order valence-corrected chi connectivity index (χ2v) is 20.1. The molecule has 0 radical (unpaired) electrons. The molecule has 76 heavy (non-hydrogen) atoms. The van der Waals surface area contributed by atoms with E-state index >= 15 is 8.78 Å². The number of amides is 2. The third kappa shape index (κ3) is 10.8. The number of carbonyl (C=O) groups is 2. The number of likely N-dealkylation sites (tertiary alicyclic amines) is 1. The Balaban J connectivity index is 0.845. The number of imidazole rings is 1. The number of hydrogen-bond donors (Lipinski definition) is 5. The molecule has 402 valence electrons. The van der Waals surface area contributed by atoms with Crippen LogP contribution in [0.5, 0.6) is 5.75 Å². The maximum Gasteiger partial charge on any atom is 0.416 e. The number of alkyl carbamates (subject to hydrolysis) is 2. The van der Waals surface area contributed by atoms with Crippen molar-refractivity contribution in [2.24, 2.45) is 0 Å². The Morgan fingerprint density at radius 3 is 2.49 bits per heavy atom. The van der Waals surface area contributed by atoms with Crippen molar-refractivity contribution in [3.8, 4) is 11.6 Å². The molecule has 2 saturated heterocycles. The lowest BCUT2D eigenvalue weighted by Gasteiger charge is -2.38. The molecule has 1 aromatic carbocycles. The number of carbonyl (C=O) groups excluding carboxylic acids is 2. The lowest BCUT2D eigenvalue weighted by atomic mass is 10.0. The van der Waals surface area contributed by atoms with Gasteiger partial charge in [0.2, 0.25) is 5.95 Å². The molecule has 4 fully saturated rings. The number of alkyl halides is 5. The molecule has 0 spiro atoms. The first kappa shape index (κ1) is 50.5. The minimum atomic E-state index is -4.43. The topological polar surface area (TPSA) is 239 Å². The Bertz CT molecular complexity index is 3240. The number of anilines is 4. The third-order valence-electron chi connectivity index (χ3n) is 13.7. The zero-order valence-corrected chi connectivity index (χ0v) is 41.6. The van der Waals surface area contributed by atoms with Gasteiger partial charge in [-0.2, -0.15) is 23.4 Å².